The maximum absolute atomic E-state index is 12.0. The lowest BCUT2D eigenvalue weighted by atomic mass is 10.0. The molecule has 0 aliphatic heterocycles. The van der Waals surface area contributed by atoms with E-state index in [1.54, 1.807) is 45.0 Å². The van der Waals surface area contributed by atoms with Crippen molar-refractivity contribution < 1.29 is 24.5 Å². The number of carboxylic acid groups (broad SMARTS) is 1. The van der Waals surface area contributed by atoms with E-state index in [2.05, 4.69) is 22.6 Å². The Morgan fingerprint density at radius 1 is 1.23 bits per heavy atom. The quantitative estimate of drug-likeness (QED) is 0.731. The number of hydrogen-bond donors (Lipinski definition) is 2. The summed E-state index contributed by atoms with van der Waals surface area (Å²) in [5, 5.41) is 19.7. The molecule has 0 bridgehead atoms. The minimum absolute atomic E-state index is 0.420. The highest BCUT2D eigenvalue weighted by Crippen LogP contribution is 2.23. The third-order valence-corrected chi connectivity index (χ3v) is 3.58. The predicted octanol–water partition coefficient (Wildman–Crippen LogP) is 2.64. The second-order valence-electron chi connectivity index (χ2n) is 5.87. The van der Waals surface area contributed by atoms with Crippen LogP contribution in [-0.4, -0.2) is 45.9 Å². The molecule has 0 aliphatic rings. The lowest BCUT2D eigenvalue weighted by Crippen LogP contribution is -2.48. The summed E-state index contributed by atoms with van der Waals surface area (Å²) < 4.78 is 6.11. The van der Waals surface area contributed by atoms with Gasteiger partial charge in [0.15, 0.2) is 6.04 Å². The van der Waals surface area contributed by atoms with Crippen molar-refractivity contribution in [1.82, 2.24) is 4.90 Å². The zero-order valence-corrected chi connectivity index (χ0v) is 15.1. The van der Waals surface area contributed by atoms with E-state index in [1.807, 2.05) is 0 Å². The van der Waals surface area contributed by atoms with Crippen molar-refractivity contribution in [2.45, 2.75) is 38.5 Å². The number of benzene rings is 1. The van der Waals surface area contributed by atoms with Gasteiger partial charge >= 0.3 is 12.1 Å². The van der Waals surface area contributed by atoms with E-state index in [1.165, 1.54) is 7.05 Å². The molecule has 0 radical (unpaired) electrons. The zero-order valence-electron chi connectivity index (χ0n) is 12.9. The number of aliphatic hydroxyl groups excluding tert-OH is 1. The van der Waals surface area contributed by atoms with Crippen LogP contribution in [0.25, 0.3) is 0 Å². The molecule has 0 fully saturated rings. The highest BCUT2D eigenvalue weighted by Gasteiger charge is 2.36. The van der Waals surface area contributed by atoms with Crippen LogP contribution in [-0.2, 0) is 9.53 Å². The number of carboxylic acids is 1. The first-order chi connectivity index (χ1) is 10.0. The van der Waals surface area contributed by atoms with E-state index in [4.69, 9.17) is 4.74 Å². The highest BCUT2D eigenvalue weighted by molar-refractivity contribution is 14.1. The summed E-state index contributed by atoms with van der Waals surface area (Å²) in [5.74, 6) is -1.31. The number of halogens is 1. The summed E-state index contributed by atoms with van der Waals surface area (Å²) in [5.41, 5.74) is -0.328. The van der Waals surface area contributed by atoms with Gasteiger partial charge in [0.25, 0.3) is 0 Å². The first kappa shape index (κ1) is 18.7. The number of ether oxygens (including phenoxy) is 1. The number of aliphatic hydroxyl groups is 1. The first-order valence-corrected chi connectivity index (χ1v) is 7.73. The third kappa shape index (κ3) is 5.13. The molecular weight excluding hydrogens is 401 g/mol. The van der Waals surface area contributed by atoms with Crippen LogP contribution in [0.3, 0.4) is 0 Å². The van der Waals surface area contributed by atoms with Crippen LogP contribution in [0.15, 0.2) is 24.3 Å². The Labute approximate surface area is 143 Å². The van der Waals surface area contributed by atoms with Crippen molar-refractivity contribution in [2.75, 3.05) is 7.05 Å². The van der Waals surface area contributed by atoms with E-state index in [9.17, 15) is 19.8 Å². The average molecular weight is 421 g/mol. The predicted molar refractivity (Wildman–Crippen MR) is 89.5 cm³/mol. The van der Waals surface area contributed by atoms with E-state index < -0.39 is 29.8 Å². The molecule has 22 heavy (non-hydrogen) atoms. The molecule has 1 amide bonds. The number of rotatable bonds is 4. The van der Waals surface area contributed by atoms with Crippen molar-refractivity contribution in [3.8, 4) is 0 Å². The summed E-state index contributed by atoms with van der Waals surface area (Å²) in [6.07, 6.45) is -2.16. The fourth-order valence-electron chi connectivity index (χ4n) is 1.80. The number of hydrogen-bond acceptors (Lipinski definition) is 4. The Kier molecular flexibility index (Phi) is 6.18. The lowest BCUT2D eigenvalue weighted by Gasteiger charge is -2.31. The van der Waals surface area contributed by atoms with Crippen molar-refractivity contribution >= 4 is 34.7 Å². The SMILES string of the molecule is CN(C(=O)OC(C)(C)C)[C@H](C(=O)O)[C@@H](O)c1ccc(I)cc1. The van der Waals surface area contributed by atoms with E-state index in [0.29, 0.717) is 5.56 Å². The van der Waals surface area contributed by atoms with Gasteiger partial charge in [-0.15, -0.1) is 0 Å². The number of carbonyl (C=O) groups excluding carboxylic acids is 1. The van der Waals surface area contributed by atoms with Crippen LogP contribution < -0.4 is 0 Å². The minimum Gasteiger partial charge on any atom is -0.480 e. The monoisotopic (exact) mass is 421 g/mol. The summed E-state index contributed by atoms with van der Waals surface area (Å²) in [7, 11) is 1.29. The Balaban J connectivity index is 2.99. The van der Waals surface area contributed by atoms with Crippen molar-refractivity contribution in [2.24, 2.45) is 0 Å². The largest absolute Gasteiger partial charge is 0.480 e. The molecule has 6 nitrogen and oxygen atoms in total. The van der Waals surface area contributed by atoms with Gasteiger partial charge in [-0.25, -0.2) is 9.59 Å². The topological polar surface area (TPSA) is 87.1 Å². The summed E-state index contributed by atoms with van der Waals surface area (Å²) >= 11 is 2.11. The Morgan fingerprint density at radius 2 is 1.73 bits per heavy atom. The molecule has 7 heteroatoms. The van der Waals surface area contributed by atoms with Gasteiger partial charge in [0, 0.05) is 10.6 Å². The molecule has 1 rings (SSSR count). The van der Waals surface area contributed by atoms with Gasteiger partial charge in [0.1, 0.15) is 11.7 Å². The molecule has 0 unspecified atom stereocenters. The van der Waals surface area contributed by atoms with Gasteiger partial charge < -0.3 is 14.9 Å². The van der Waals surface area contributed by atoms with E-state index >= 15 is 0 Å². The Hall–Kier alpha value is -1.35. The van der Waals surface area contributed by atoms with Gasteiger partial charge in [0.2, 0.25) is 0 Å². The smallest absolute Gasteiger partial charge is 0.410 e. The van der Waals surface area contributed by atoms with Crippen molar-refractivity contribution in [3.63, 3.8) is 0 Å². The van der Waals surface area contributed by atoms with Crippen LogP contribution in [0.5, 0.6) is 0 Å². The summed E-state index contributed by atoms with van der Waals surface area (Å²) in [6.45, 7) is 5.05. The van der Waals surface area contributed by atoms with Crippen LogP contribution >= 0.6 is 22.6 Å². The fourth-order valence-corrected chi connectivity index (χ4v) is 2.16. The molecular formula is C15H20INO5. The molecule has 1 aromatic carbocycles. The second kappa shape index (κ2) is 7.28. The van der Waals surface area contributed by atoms with E-state index in [0.717, 1.165) is 8.47 Å². The standard InChI is InChI=1S/C15H20INO5/c1-15(2,3)22-14(21)17(4)11(13(19)20)12(18)9-5-7-10(16)8-6-9/h5-8,11-12,18H,1-4H3,(H,19,20)/t11-,12-/m0/s1. The summed E-state index contributed by atoms with van der Waals surface area (Å²) in [6, 6.07) is 5.34. The average Bonchev–Trinajstić information content (AvgIpc) is 2.36. The second-order valence-corrected chi connectivity index (χ2v) is 7.12. The number of carbonyl (C=O) groups is 2. The number of nitrogens with zero attached hydrogens (tertiary/aromatic N) is 1. The van der Waals surface area contributed by atoms with Crippen LogP contribution in [0, 0.1) is 3.57 Å². The minimum atomic E-state index is -1.44. The molecule has 122 valence electrons. The van der Waals surface area contributed by atoms with Crippen molar-refractivity contribution in [1.29, 1.82) is 0 Å². The van der Waals surface area contributed by atoms with Crippen LogP contribution in [0.4, 0.5) is 4.79 Å². The van der Waals surface area contributed by atoms with Gasteiger partial charge in [-0.2, -0.15) is 0 Å². The zero-order chi connectivity index (χ0) is 17.1. The molecule has 0 heterocycles. The van der Waals surface area contributed by atoms with Crippen LogP contribution in [0.2, 0.25) is 0 Å². The first-order valence-electron chi connectivity index (χ1n) is 6.65. The van der Waals surface area contributed by atoms with Gasteiger partial charge in [-0.1, -0.05) is 12.1 Å². The van der Waals surface area contributed by atoms with Gasteiger partial charge in [0.05, 0.1) is 0 Å². The maximum atomic E-state index is 12.0. The number of aliphatic carboxylic acids is 1. The fraction of sp³-hybridized carbons (Fsp3) is 0.467. The highest BCUT2D eigenvalue weighted by atomic mass is 127. The molecule has 0 spiro atoms. The number of likely N-dealkylation sites (N-methyl/N-ethyl adjacent to an activating group) is 1. The third-order valence-electron chi connectivity index (χ3n) is 2.86. The molecule has 2 N–H and O–H groups in total. The number of amides is 1. The van der Waals surface area contributed by atoms with Crippen LogP contribution in [0.1, 0.15) is 32.4 Å². The molecule has 0 saturated carbocycles. The Morgan fingerprint density at radius 3 is 2.14 bits per heavy atom. The molecule has 1 aromatic rings. The maximum Gasteiger partial charge on any atom is 0.410 e. The van der Waals surface area contributed by atoms with Gasteiger partial charge in [-0.3, -0.25) is 4.90 Å². The molecule has 2 atom stereocenters. The van der Waals surface area contributed by atoms with Crippen molar-refractivity contribution in [3.05, 3.63) is 33.4 Å². The normalized spacial score (nSPS) is 14.1. The molecule has 0 aliphatic carbocycles. The van der Waals surface area contributed by atoms with Gasteiger partial charge in [-0.05, 0) is 61.1 Å². The summed E-state index contributed by atoms with van der Waals surface area (Å²) in [4.78, 5) is 24.4. The lowest BCUT2D eigenvalue weighted by molar-refractivity contribution is -0.147. The van der Waals surface area contributed by atoms with E-state index in [-0.39, 0.29) is 0 Å². The molecule has 0 saturated heterocycles. The Bertz CT molecular complexity index is 538. The molecule has 0 aromatic heterocycles.